The van der Waals surface area contributed by atoms with Crippen LogP contribution in [0.15, 0.2) is 36.8 Å². The first-order chi connectivity index (χ1) is 12.1. The van der Waals surface area contributed by atoms with Crippen molar-refractivity contribution in [3.05, 3.63) is 54.1 Å². The molecule has 3 aromatic rings. The average Bonchev–Trinajstić information content (AvgIpc) is 3.25. The molecule has 25 heavy (non-hydrogen) atoms. The number of H-pyrrole nitrogens is 1. The average molecular weight is 343 g/mol. The number of nitrogens with one attached hydrogen (secondary N) is 2. The SMILES string of the molecule is O=C(Nc1cc(-c2cccc(F)c2F)[nH]n1)C1CCn2cncc2C1. The number of halogens is 2. The smallest absolute Gasteiger partial charge is 0.229 e. The van der Waals surface area contributed by atoms with E-state index in [0.717, 1.165) is 18.3 Å². The lowest BCUT2D eigenvalue weighted by Crippen LogP contribution is -2.30. The molecule has 2 N–H and O–H groups in total. The number of anilines is 1. The van der Waals surface area contributed by atoms with Crippen LogP contribution in [-0.4, -0.2) is 25.7 Å². The minimum atomic E-state index is -0.954. The maximum absolute atomic E-state index is 13.8. The van der Waals surface area contributed by atoms with Gasteiger partial charge < -0.3 is 9.88 Å². The summed E-state index contributed by atoms with van der Waals surface area (Å²) in [6.45, 7) is 0.744. The highest BCUT2D eigenvalue weighted by Crippen LogP contribution is 2.25. The van der Waals surface area contributed by atoms with Gasteiger partial charge >= 0.3 is 0 Å². The van der Waals surface area contributed by atoms with Crippen LogP contribution in [0.5, 0.6) is 0 Å². The molecule has 0 saturated carbocycles. The summed E-state index contributed by atoms with van der Waals surface area (Å²) in [5.74, 6) is -1.93. The first-order valence-electron chi connectivity index (χ1n) is 7.91. The van der Waals surface area contributed by atoms with Crippen molar-refractivity contribution in [3.63, 3.8) is 0 Å². The third kappa shape index (κ3) is 2.90. The molecule has 2 aromatic heterocycles. The van der Waals surface area contributed by atoms with Gasteiger partial charge in [0.25, 0.3) is 0 Å². The van der Waals surface area contributed by atoms with Crippen molar-refractivity contribution >= 4 is 11.7 Å². The molecule has 128 valence electrons. The van der Waals surface area contributed by atoms with E-state index in [9.17, 15) is 13.6 Å². The molecule has 1 aliphatic rings. The molecule has 1 unspecified atom stereocenters. The van der Waals surface area contributed by atoms with Gasteiger partial charge in [-0.25, -0.2) is 13.8 Å². The molecule has 1 amide bonds. The predicted octanol–water partition coefficient (Wildman–Crippen LogP) is 2.75. The van der Waals surface area contributed by atoms with Gasteiger partial charge in [-0.2, -0.15) is 5.10 Å². The summed E-state index contributed by atoms with van der Waals surface area (Å²) in [6.07, 6.45) is 4.85. The first kappa shape index (κ1) is 15.5. The van der Waals surface area contributed by atoms with Crippen molar-refractivity contribution in [2.24, 2.45) is 5.92 Å². The molecule has 8 heteroatoms. The fourth-order valence-electron chi connectivity index (χ4n) is 3.06. The molecule has 0 fully saturated rings. The van der Waals surface area contributed by atoms with Crippen LogP contribution in [0.1, 0.15) is 12.1 Å². The second-order valence-electron chi connectivity index (χ2n) is 6.03. The Kier molecular flexibility index (Phi) is 3.79. The van der Waals surface area contributed by atoms with Gasteiger partial charge in [0, 0.05) is 42.4 Å². The summed E-state index contributed by atoms with van der Waals surface area (Å²) in [5.41, 5.74) is 1.39. The number of amides is 1. The van der Waals surface area contributed by atoms with Gasteiger partial charge in [-0.1, -0.05) is 6.07 Å². The quantitative estimate of drug-likeness (QED) is 0.768. The van der Waals surface area contributed by atoms with Crippen LogP contribution in [0.3, 0.4) is 0 Å². The molecule has 1 aliphatic heterocycles. The zero-order chi connectivity index (χ0) is 17.4. The minimum absolute atomic E-state index is 0.0644. The highest BCUT2D eigenvalue weighted by molar-refractivity contribution is 5.92. The number of aromatic nitrogens is 4. The van der Waals surface area contributed by atoms with Gasteiger partial charge in [0.05, 0.1) is 12.0 Å². The lowest BCUT2D eigenvalue weighted by molar-refractivity contribution is -0.120. The van der Waals surface area contributed by atoms with Crippen molar-refractivity contribution < 1.29 is 13.6 Å². The number of fused-ring (bicyclic) bond motifs is 1. The number of carbonyl (C=O) groups is 1. The number of carbonyl (C=O) groups excluding carboxylic acids is 1. The zero-order valence-electron chi connectivity index (χ0n) is 13.2. The first-order valence-corrected chi connectivity index (χ1v) is 7.91. The molecule has 6 nitrogen and oxygen atoms in total. The van der Waals surface area contributed by atoms with E-state index in [1.165, 1.54) is 18.2 Å². The maximum Gasteiger partial charge on any atom is 0.229 e. The molecule has 4 rings (SSSR count). The Hall–Kier alpha value is -3.03. The second kappa shape index (κ2) is 6.12. The van der Waals surface area contributed by atoms with E-state index in [0.29, 0.717) is 18.5 Å². The number of imidazole rings is 1. The minimum Gasteiger partial charge on any atom is -0.335 e. The molecule has 1 atom stereocenters. The van der Waals surface area contributed by atoms with E-state index in [-0.39, 0.29) is 23.2 Å². The van der Waals surface area contributed by atoms with Crippen LogP contribution >= 0.6 is 0 Å². The number of aromatic amines is 1. The van der Waals surface area contributed by atoms with Crippen molar-refractivity contribution in [1.82, 2.24) is 19.7 Å². The Morgan fingerprint density at radius 1 is 1.36 bits per heavy atom. The summed E-state index contributed by atoms with van der Waals surface area (Å²) in [7, 11) is 0. The molecule has 3 heterocycles. The van der Waals surface area contributed by atoms with E-state index in [1.54, 1.807) is 12.5 Å². The summed E-state index contributed by atoms with van der Waals surface area (Å²) in [5, 5.41) is 9.32. The normalized spacial score (nSPS) is 16.5. The topological polar surface area (TPSA) is 75.6 Å². The Morgan fingerprint density at radius 3 is 3.12 bits per heavy atom. The van der Waals surface area contributed by atoms with E-state index >= 15 is 0 Å². The van der Waals surface area contributed by atoms with Crippen LogP contribution in [0, 0.1) is 17.6 Å². The highest BCUT2D eigenvalue weighted by Gasteiger charge is 2.25. The van der Waals surface area contributed by atoms with Gasteiger partial charge in [0.15, 0.2) is 17.5 Å². The van der Waals surface area contributed by atoms with Gasteiger partial charge in [0.1, 0.15) is 0 Å². The van der Waals surface area contributed by atoms with Crippen LogP contribution in [0.4, 0.5) is 14.6 Å². The largest absolute Gasteiger partial charge is 0.335 e. The van der Waals surface area contributed by atoms with Crippen LogP contribution < -0.4 is 5.32 Å². The standard InChI is InChI=1S/C17H15F2N5O/c18-13-3-1-2-12(16(13)19)14-7-15(23-22-14)21-17(25)10-4-5-24-9-20-8-11(24)6-10/h1-3,7-10H,4-6H2,(H2,21,22,23,25). The number of hydrogen-bond donors (Lipinski definition) is 2. The highest BCUT2D eigenvalue weighted by atomic mass is 19.2. The molecular weight excluding hydrogens is 328 g/mol. The van der Waals surface area contributed by atoms with Crippen molar-refractivity contribution in [1.29, 1.82) is 0 Å². The molecule has 0 bridgehead atoms. The Bertz CT molecular complexity index is 933. The second-order valence-corrected chi connectivity index (χ2v) is 6.03. The number of rotatable bonds is 3. The van der Waals surface area contributed by atoms with E-state index in [4.69, 9.17) is 0 Å². The monoisotopic (exact) mass is 343 g/mol. The summed E-state index contributed by atoms with van der Waals surface area (Å²) >= 11 is 0. The van der Waals surface area contributed by atoms with Crippen molar-refractivity contribution in [3.8, 4) is 11.3 Å². The lowest BCUT2D eigenvalue weighted by atomic mass is 9.95. The predicted molar refractivity (Wildman–Crippen MR) is 86.6 cm³/mol. The van der Waals surface area contributed by atoms with E-state index < -0.39 is 11.6 Å². The third-order valence-electron chi connectivity index (χ3n) is 4.41. The Morgan fingerprint density at radius 2 is 2.24 bits per heavy atom. The van der Waals surface area contributed by atoms with Gasteiger partial charge in [0.2, 0.25) is 5.91 Å². The summed E-state index contributed by atoms with van der Waals surface area (Å²) < 4.78 is 29.2. The van der Waals surface area contributed by atoms with Crippen molar-refractivity contribution in [2.45, 2.75) is 19.4 Å². The van der Waals surface area contributed by atoms with Crippen LogP contribution in [0.25, 0.3) is 11.3 Å². The van der Waals surface area contributed by atoms with E-state index in [1.807, 2.05) is 4.57 Å². The van der Waals surface area contributed by atoms with Crippen LogP contribution in [0.2, 0.25) is 0 Å². The fraction of sp³-hybridized carbons (Fsp3) is 0.235. The number of aryl methyl sites for hydroxylation is 1. The van der Waals surface area contributed by atoms with Gasteiger partial charge in [-0.15, -0.1) is 0 Å². The Labute approximate surface area is 141 Å². The Balaban J connectivity index is 1.48. The third-order valence-corrected chi connectivity index (χ3v) is 4.41. The fourth-order valence-corrected chi connectivity index (χ4v) is 3.06. The summed E-state index contributed by atoms with van der Waals surface area (Å²) in [6, 6.07) is 5.40. The number of nitrogens with zero attached hydrogens (tertiary/aromatic N) is 3. The molecule has 0 spiro atoms. The molecular formula is C17H15F2N5O. The van der Waals surface area contributed by atoms with Gasteiger partial charge in [-0.05, 0) is 18.6 Å². The van der Waals surface area contributed by atoms with Crippen molar-refractivity contribution in [2.75, 3.05) is 5.32 Å². The molecule has 0 saturated heterocycles. The van der Waals surface area contributed by atoms with E-state index in [2.05, 4.69) is 20.5 Å². The molecule has 0 aliphatic carbocycles. The van der Waals surface area contributed by atoms with Crippen LogP contribution in [-0.2, 0) is 17.8 Å². The summed E-state index contributed by atoms with van der Waals surface area (Å²) in [4.78, 5) is 16.5. The molecule has 0 radical (unpaired) electrons. The zero-order valence-corrected chi connectivity index (χ0v) is 13.2. The number of benzene rings is 1. The van der Waals surface area contributed by atoms with Gasteiger partial charge in [-0.3, -0.25) is 9.89 Å². The maximum atomic E-state index is 13.8. The lowest BCUT2D eigenvalue weighted by Gasteiger charge is -2.22. The molecule has 1 aromatic carbocycles. The number of hydrogen-bond acceptors (Lipinski definition) is 3.